The highest BCUT2D eigenvalue weighted by molar-refractivity contribution is 7.99. The summed E-state index contributed by atoms with van der Waals surface area (Å²) in [6, 6.07) is 13.0. The lowest BCUT2D eigenvalue weighted by Gasteiger charge is -2.12. The molecule has 2 aromatic heterocycles. The Hall–Kier alpha value is -3.79. The lowest BCUT2D eigenvalue weighted by atomic mass is 10.1. The van der Waals surface area contributed by atoms with E-state index >= 15 is 0 Å². The van der Waals surface area contributed by atoms with Crippen molar-refractivity contribution in [1.82, 2.24) is 25.1 Å². The van der Waals surface area contributed by atoms with E-state index in [0.29, 0.717) is 35.0 Å². The van der Waals surface area contributed by atoms with Crippen LogP contribution in [0.25, 0.3) is 5.65 Å². The highest BCUT2D eigenvalue weighted by Crippen LogP contribution is 2.23. The van der Waals surface area contributed by atoms with Crippen LogP contribution in [0.1, 0.15) is 32.9 Å². The summed E-state index contributed by atoms with van der Waals surface area (Å²) in [4.78, 5) is 24.8. The molecule has 0 bridgehead atoms. The second-order valence-electron chi connectivity index (χ2n) is 8.18. The number of carbonyl (C=O) groups is 2. The average Bonchev–Trinajstić information content (AvgIpc) is 3.22. The van der Waals surface area contributed by atoms with Gasteiger partial charge in [0.15, 0.2) is 11.5 Å². The number of rotatable bonds is 8. The zero-order valence-corrected chi connectivity index (χ0v) is 20.4. The number of amides is 2. The lowest BCUT2D eigenvalue weighted by molar-refractivity contribution is -0.113. The number of anilines is 1. The molecule has 0 saturated heterocycles. The van der Waals surface area contributed by atoms with Crippen molar-refractivity contribution in [3.8, 4) is 0 Å². The predicted molar refractivity (Wildman–Crippen MR) is 133 cm³/mol. The Bertz CT molecular complexity index is 1360. The number of nitrogens with zero attached hydrogens (tertiary/aromatic N) is 4. The van der Waals surface area contributed by atoms with Crippen LogP contribution in [0.3, 0.4) is 0 Å². The van der Waals surface area contributed by atoms with Crippen molar-refractivity contribution < 1.29 is 14.0 Å². The standard InChI is InChI=1S/C25H25FN6O2S/c1-15-12-16(2)24(17(3)13-15)28-22(33)14-35-23-9-8-20-29-30-21(32(20)31-23)10-11-27-25(34)18-4-6-19(26)7-5-18/h4-9,12-13H,10-11,14H2,1-3H3,(H,27,34)(H,28,33). The molecule has 2 heterocycles. The first-order chi connectivity index (χ1) is 16.8. The molecule has 0 saturated carbocycles. The molecule has 2 amide bonds. The number of halogens is 1. The molecule has 2 aromatic carbocycles. The van der Waals surface area contributed by atoms with E-state index in [-0.39, 0.29) is 17.6 Å². The number of aromatic nitrogens is 4. The monoisotopic (exact) mass is 492 g/mol. The van der Waals surface area contributed by atoms with Gasteiger partial charge in [-0.05, 0) is 68.3 Å². The van der Waals surface area contributed by atoms with E-state index in [1.807, 2.05) is 32.9 Å². The van der Waals surface area contributed by atoms with Crippen molar-refractivity contribution in [2.24, 2.45) is 0 Å². The molecular weight excluding hydrogens is 467 g/mol. The van der Waals surface area contributed by atoms with E-state index in [0.717, 1.165) is 22.4 Å². The summed E-state index contributed by atoms with van der Waals surface area (Å²) in [5.41, 5.74) is 5.01. The maximum atomic E-state index is 13.0. The van der Waals surface area contributed by atoms with Crippen LogP contribution in [-0.4, -0.2) is 43.9 Å². The lowest BCUT2D eigenvalue weighted by Crippen LogP contribution is -2.26. The van der Waals surface area contributed by atoms with Crippen molar-refractivity contribution in [2.45, 2.75) is 32.2 Å². The van der Waals surface area contributed by atoms with Gasteiger partial charge in [-0.25, -0.2) is 4.39 Å². The summed E-state index contributed by atoms with van der Waals surface area (Å²) >= 11 is 1.32. The number of aryl methyl sites for hydroxylation is 3. The van der Waals surface area contributed by atoms with Gasteiger partial charge in [-0.1, -0.05) is 29.5 Å². The fraction of sp³-hybridized carbons (Fsp3) is 0.240. The number of thioether (sulfide) groups is 1. The van der Waals surface area contributed by atoms with Gasteiger partial charge >= 0.3 is 0 Å². The maximum absolute atomic E-state index is 13.0. The fourth-order valence-corrected chi connectivity index (χ4v) is 4.39. The SMILES string of the molecule is Cc1cc(C)c(NC(=O)CSc2ccc3nnc(CCNC(=O)c4ccc(F)cc4)n3n2)c(C)c1. The van der Waals surface area contributed by atoms with E-state index in [9.17, 15) is 14.0 Å². The van der Waals surface area contributed by atoms with Crippen LogP contribution in [0.15, 0.2) is 53.6 Å². The van der Waals surface area contributed by atoms with Gasteiger partial charge in [0, 0.05) is 24.2 Å². The molecule has 0 radical (unpaired) electrons. The van der Waals surface area contributed by atoms with E-state index in [1.165, 1.54) is 36.0 Å². The third-order valence-electron chi connectivity index (χ3n) is 5.34. The second kappa shape index (κ2) is 10.6. The van der Waals surface area contributed by atoms with Crippen LogP contribution in [-0.2, 0) is 11.2 Å². The smallest absolute Gasteiger partial charge is 0.251 e. The van der Waals surface area contributed by atoms with Crippen molar-refractivity contribution >= 4 is 34.9 Å². The van der Waals surface area contributed by atoms with Gasteiger partial charge in [0.2, 0.25) is 5.91 Å². The molecule has 10 heteroatoms. The van der Waals surface area contributed by atoms with Gasteiger partial charge in [0.05, 0.1) is 5.75 Å². The molecule has 0 aliphatic rings. The normalized spacial score (nSPS) is 11.0. The van der Waals surface area contributed by atoms with Gasteiger partial charge in [0.1, 0.15) is 10.8 Å². The summed E-state index contributed by atoms with van der Waals surface area (Å²) in [5.74, 6) is -0.0185. The van der Waals surface area contributed by atoms with Gasteiger partial charge in [-0.2, -0.15) is 9.61 Å². The van der Waals surface area contributed by atoms with Gasteiger partial charge in [-0.15, -0.1) is 10.2 Å². The predicted octanol–water partition coefficient (Wildman–Crippen LogP) is 3.89. The number of nitrogens with one attached hydrogen (secondary N) is 2. The third-order valence-corrected chi connectivity index (χ3v) is 6.26. The zero-order chi connectivity index (χ0) is 24.9. The second-order valence-corrected chi connectivity index (χ2v) is 9.18. The molecule has 4 aromatic rings. The number of fused-ring (bicyclic) bond motifs is 1. The number of hydrogen-bond donors (Lipinski definition) is 2. The largest absolute Gasteiger partial charge is 0.352 e. The summed E-state index contributed by atoms with van der Waals surface area (Å²) in [7, 11) is 0. The van der Waals surface area contributed by atoms with Crippen LogP contribution in [0.5, 0.6) is 0 Å². The van der Waals surface area contributed by atoms with Crippen molar-refractivity contribution in [3.05, 3.63) is 82.4 Å². The number of benzene rings is 2. The molecule has 180 valence electrons. The summed E-state index contributed by atoms with van der Waals surface area (Å²) < 4.78 is 14.6. The van der Waals surface area contributed by atoms with E-state index < -0.39 is 5.82 Å². The molecular formula is C25H25FN6O2S. The van der Waals surface area contributed by atoms with Crippen LogP contribution in [0, 0.1) is 26.6 Å². The Balaban J connectivity index is 1.35. The highest BCUT2D eigenvalue weighted by Gasteiger charge is 2.12. The van der Waals surface area contributed by atoms with E-state index in [1.54, 1.807) is 16.6 Å². The van der Waals surface area contributed by atoms with E-state index in [4.69, 9.17) is 0 Å². The Morgan fingerprint density at radius 3 is 2.43 bits per heavy atom. The Labute approximate surface area is 206 Å². The Morgan fingerprint density at radius 1 is 1.00 bits per heavy atom. The first-order valence-electron chi connectivity index (χ1n) is 11.1. The topological polar surface area (TPSA) is 101 Å². The first-order valence-corrected chi connectivity index (χ1v) is 12.0. The molecule has 0 unspecified atom stereocenters. The first kappa shape index (κ1) is 24.3. The molecule has 2 N–H and O–H groups in total. The minimum Gasteiger partial charge on any atom is -0.352 e. The molecule has 0 aliphatic carbocycles. The van der Waals surface area contributed by atoms with Gasteiger partial charge < -0.3 is 10.6 Å². The Kier molecular flexibility index (Phi) is 7.40. The fourth-order valence-electron chi connectivity index (χ4n) is 3.73. The van der Waals surface area contributed by atoms with Gasteiger partial charge in [0.25, 0.3) is 5.91 Å². The summed E-state index contributed by atoms with van der Waals surface area (Å²) in [6.45, 7) is 6.30. The van der Waals surface area contributed by atoms with Crippen LogP contribution in [0.2, 0.25) is 0 Å². The average molecular weight is 493 g/mol. The van der Waals surface area contributed by atoms with Crippen LogP contribution < -0.4 is 10.6 Å². The summed E-state index contributed by atoms with van der Waals surface area (Å²) in [5, 5.41) is 19.2. The molecule has 8 nitrogen and oxygen atoms in total. The van der Waals surface area contributed by atoms with Crippen molar-refractivity contribution in [1.29, 1.82) is 0 Å². The molecule has 35 heavy (non-hydrogen) atoms. The zero-order valence-electron chi connectivity index (χ0n) is 19.6. The van der Waals surface area contributed by atoms with Crippen molar-refractivity contribution in [3.63, 3.8) is 0 Å². The Morgan fingerprint density at radius 2 is 1.71 bits per heavy atom. The highest BCUT2D eigenvalue weighted by atomic mass is 32.2. The number of carbonyl (C=O) groups excluding carboxylic acids is 2. The van der Waals surface area contributed by atoms with Crippen LogP contribution in [0.4, 0.5) is 10.1 Å². The summed E-state index contributed by atoms with van der Waals surface area (Å²) in [6.07, 6.45) is 0.404. The molecule has 0 fully saturated rings. The number of hydrogen-bond acceptors (Lipinski definition) is 6. The molecule has 0 spiro atoms. The van der Waals surface area contributed by atoms with E-state index in [2.05, 4.69) is 25.9 Å². The van der Waals surface area contributed by atoms with Crippen LogP contribution >= 0.6 is 11.8 Å². The maximum Gasteiger partial charge on any atom is 0.251 e. The van der Waals surface area contributed by atoms with Gasteiger partial charge in [-0.3, -0.25) is 9.59 Å². The molecule has 0 atom stereocenters. The third kappa shape index (κ3) is 6.02. The molecule has 0 aliphatic heterocycles. The minimum absolute atomic E-state index is 0.112. The molecule has 4 rings (SSSR count). The quantitative estimate of drug-likeness (QED) is 0.362. The van der Waals surface area contributed by atoms with Crippen molar-refractivity contribution in [2.75, 3.05) is 17.6 Å². The minimum atomic E-state index is -0.394.